The second kappa shape index (κ2) is 16.9. The Kier molecular flexibility index (Phi) is 13.9. The molecule has 2 aromatic heterocycles. The predicted octanol–water partition coefficient (Wildman–Crippen LogP) is 6.76. The number of carboxylic acid groups (broad SMARTS) is 1. The van der Waals surface area contributed by atoms with Gasteiger partial charge in [-0.15, -0.1) is 11.3 Å². The van der Waals surface area contributed by atoms with E-state index in [0.717, 1.165) is 62.2 Å². The van der Waals surface area contributed by atoms with Crippen LogP contribution in [0.15, 0.2) is 54.4 Å². The number of ketones is 1. The van der Waals surface area contributed by atoms with Crippen LogP contribution in [0.2, 0.25) is 0 Å². The quantitative estimate of drug-likeness (QED) is 0.0937. The Morgan fingerprint density at radius 1 is 1.22 bits per heavy atom. The summed E-state index contributed by atoms with van der Waals surface area (Å²) < 4.78 is 6.24. The number of aryl methyl sites for hydroxylation is 2. The second-order valence-corrected chi connectivity index (χ2v) is 12.6. The van der Waals surface area contributed by atoms with Gasteiger partial charge in [-0.3, -0.25) is 14.6 Å². The van der Waals surface area contributed by atoms with Crippen LogP contribution in [0.4, 0.5) is 11.4 Å². The molecule has 0 saturated carbocycles. The standard InChI is InChI=1S/C33H43N5O2S.CH2O2.H3N.H2/c1-8-24(40-28-15-16-35-17-20(28)3)18-36-19-27-22(5)41-32(38-27)29(33(6,7)31(39)23-11-10-12-23)25-13-14-26(37-9-2)30(34)21(25)4;2-1-3;;/h10-17,24,29,36-37H,8-9,18-19,34H2,1-7H3;1H,(H,2,3);1H3;1H/t24-,29-;;;/m1.../s1. The van der Waals surface area contributed by atoms with Gasteiger partial charge in [0.15, 0.2) is 5.78 Å². The van der Waals surface area contributed by atoms with Gasteiger partial charge >= 0.3 is 0 Å². The van der Waals surface area contributed by atoms with Gasteiger partial charge in [0.25, 0.3) is 6.47 Å². The molecule has 0 saturated heterocycles. The fourth-order valence-corrected chi connectivity index (χ4v) is 6.46. The third kappa shape index (κ3) is 8.78. The van der Waals surface area contributed by atoms with E-state index in [1.54, 1.807) is 17.5 Å². The Morgan fingerprint density at radius 2 is 1.91 bits per heavy atom. The number of aromatic nitrogens is 2. The number of benzene rings is 1. The van der Waals surface area contributed by atoms with E-state index >= 15 is 0 Å². The maximum absolute atomic E-state index is 13.7. The number of carbonyl (C=O) groups is 2. The molecule has 3 aromatic rings. The van der Waals surface area contributed by atoms with Gasteiger partial charge in [0, 0.05) is 60.8 Å². The van der Waals surface area contributed by atoms with Crippen LogP contribution in [0.25, 0.3) is 0 Å². The van der Waals surface area contributed by atoms with E-state index in [2.05, 4.69) is 42.5 Å². The molecule has 11 heteroatoms. The topological polar surface area (TPSA) is 174 Å². The van der Waals surface area contributed by atoms with Crippen molar-refractivity contribution in [3.05, 3.63) is 86.7 Å². The number of nitrogens with zero attached hydrogens (tertiary/aromatic N) is 2. The number of allylic oxidation sites excluding steroid dienone is 4. The molecule has 2 heterocycles. The van der Waals surface area contributed by atoms with E-state index < -0.39 is 5.41 Å². The van der Waals surface area contributed by atoms with Crippen LogP contribution in [-0.2, 0) is 16.1 Å². The zero-order valence-electron chi connectivity index (χ0n) is 27.4. The van der Waals surface area contributed by atoms with Crippen molar-refractivity contribution in [2.24, 2.45) is 5.41 Å². The molecule has 0 unspecified atom stereocenters. The number of nitrogens with one attached hydrogen (secondary N) is 2. The Morgan fingerprint density at radius 3 is 2.49 bits per heavy atom. The number of carbonyl (C=O) groups excluding carboxylic acids is 1. The first-order valence-corrected chi connectivity index (χ1v) is 15.7. The molecule has 45 heavy (non-hydrogen) atoms. The summed E-state index contributed by atoms with van der Waals surface area (Å²) in [5.74, 6) is 0.726. The second-order valence-electron chi connectivity index (χ2n) is 11.3. The maximum atomic E-state index is 13.7. The Bertz CT molecular complexity index is 1520. The molecule has 0 radical (unpaired) electrons. The van der Waals surface area contributed by atoms with Crippen LogP contribution in [0.5, 0.6) is 5.75 Å². The number of nitrogens with two attached hydrogens (primary N) is 1. The number of nitrogen functional groups attached to an aromatic ring is 1. The van der Waals surface area contributed by atoms with Crippen LogP contribution >= 0.6 is 11.3 Å². The van der Waals surface area contributed by atoms with E-state index in [1.807, 2.05) is 64.3 Å². The number of rotatable bonds is 14. The highest BCUT2D eigenvalue weighted by Crippen LogP contribution is 2.47. The monoisotopic (exact) mass is 638 g/mol. The first-order chi connectivity index (χ1) is 21.0. The van der Waals surface area contributed by atoms with Gasteiger partial charge in [-0.25, -0.2) is 4.98 Å². The van der Waals surface area contributed by atoms with Gasteiger partial charge in [-0.2, -0.15) is 0 Å². The lowest BCUT2D eigenvalue weighted by Crippen LogP contribution is -2.34. The third-order valence-electron chi connectivity index (χ3n) is 7.89. The average molecular weight is 639 g/mol. The summed E-state index contributed by atoms with van der Waals surface area (Å²) in [5.41, 5.74) is 12.3. The van der Waals surface area contributed by atoms with Gasteiger partial charge in [0.1, 0.15) is 16.9 Å². The van der Waals surface area contributed by atoms with E-state index in [4.69, 9.17) is 25.4 Å². The molecule has 4 rings (SSSR count). The maximum Gasteiger partial charge on any atom is 0.290 e. The minimum atomic E-state index is -0.730. The van der Waals surface area contributed by atoms with Crippen molar-refractivity contribution < 1.29 is 20.9 Å². The van der Waals surface area contributed by atoms with Gasteiger partial charge in [0.05, 0.1) is 17.1 Å². The molecular weight excluding hydrogens is 588 g/mol. The first kappa shape index (κ1) is 37.1. The number of pyridine rings is 1. The van der Waals surface area contributed by atoms with Crippen LogP contribution in [0.1, 0.15) is 73.7 Å². The van der Waals surface area contributed by atoms with Gasteiger partial charge in [-0.1, -0.05) is 45.1 Å². The zero-order valence-corrected chi connectivity index (χ0v) is 28.3. The number of Topliss-reactive ketones (excluding diaryl/α,β-unsaturated/α-hetero) is 1. The Balaban J connectivity index is 0.00000203. The summed E-state index contributed by atoms with van der Waals surface area (Å²) >= 11 is 1.66. The fraction of sp³-hybridized carbons (Fsp3) is 0.412. The number of hydrogen-bond donors (Lipinski definition) is 5. The summed E-state index contributed by atoms with van der Waals surface area (Å²) in [6.45, 7) is 16.2. The highest BCUT2D eigenvalue weighted by atomic mass is 32.1. The van der Waals surface area contributed by atoms with Crippen molar-refractivity contribution in [2.45, 2.75) is 73.5 Å². The smallest absolute Gasteiger partial charge is 0.290 e. The van der Waals surface area contributed by atoms with Crippen LogP contribution in [-0.4, -0.2) is 46.5 Å². The lowest BCUT2D eigenvalue weighted by Gasteiger charge is -2.34. The number of hydrogen-bond acceptors (Lipinski definition) is 10. The van der Waals surface area contributed by atoms with Crippen molar-refractivity contribution in [3.63, 3.8) is 0 Å². The number of ether oxygens (including phenoxy) is 1. The minimum Gasteiger partial charge on any atom is -0.489 e. The van der Waals surface area contributed by atoms with Gasteiger partial charge in [-0.05, 0) is 57.4 Å². The van der Waals surface area contributed by atoms with Crippen molar-refractivity contribution in [1.29, 1.82) is 0 Å². The lowest BCUT2D eigenvalue weighted by atomic mass is 9.68. The third-order valence-corrected chi connectivity index (χ3v) is 8.97. The molecule has 0 aliphatic heterocycles. The molecule has 2 atom stereocenters. The first-order valence-electron chi connectivity index (χ1n) is 14.9. The lowest BCUT2D eigenvalue weighted by molar-refractivity contribution is -0.124. The fourth-order valence-electron chi connectivity index (χ4n) is 5.21. The van der Waals surface area contributed by atoms with Crippen molar-refractivity contribution in [2.75, 3.05) is 24.1 Å². The van der Waals surface area contributed by atoms with Crippen LogP contribution in [0, 0.1) is 26.2 Å². The van der Waals surface area contributed by atoms with E-state index in [-0.39, 0.29) is 31.9 Å². The highest BCUT2D eigenvalue weighted by molar-refractivity contribution is 7.11. The van der Waals surface area contributed by atoms with Crippen molar-refractivity contribution in [3.8, 4) is 5.75 Å². The van der Waals surface area contributed by atoms with E-state index in [0.29, 0.717) is 18.8 Å². The molecule has 10 nitrogen and oxygen atoms in total. The number of thiazole rings is 1. The minimum absolute atomic E-state index is 0. The zero-order chi connectivity index (χ0) is 32.4. The average Bonchev–Trinajstić information content (AvgIpc) is 3.31. The van der Waals surface area contributed by atoms with Crippen molar-refractivity contribution in [1.82, 2.24) is 21.4 Å². The van der Waals surface area contributed by atoms with Gasteiger partial charge < -0.3 is 32.4 Å². The molecule has 1 aromatic carbocycles. The molecular formula is C34H50N6O4S. The largest absolute Gasteiger partial charge is 0.489 e. The van der Waals surface area contributed by atoms with Crippen molar-refractivity contribution >= 4 is 35.0 Å². The summed E-state index contributed by atoms with van der Waals surface area (Å²) in [6, 6.07) is 6.04. The molecule has 246 valence electrons. The molecule has 8 N–H and O–H groups in total. The SMILES string of the molecule is CCNc1ccc([C@H](c2nc(CNC[C@@H](CC)Oc3ccncc3C)c(C)s2)C(C)(C)C(=O)C2=CC=C2)c(C)c1N.N.O=CO.[HH]. The Hall–Kier alpha value is -4.06. The predicted molar refractivity (Wildman–Crippen MR) is 186 cm³/mol. The highest BCUT2D eigenvalue weighted by Gasteiger charge is 2.42. The van der Waals surface area contributed by atoms with Crippen LogP contribution in [0.3, 0.4) is 0 Å². The van der Waals surface area contributed by atoms with Crippen LogP contribution < -0.4 is 27.3 Å². The molecule has 0 spiro atoms. The molecule has 1 aliphatic rings. The normalized spacial score (nSPS) is 13.3. The molecule has 0 fully saturated rings. The molecule has 0 amide bonds. The summed E-state index contributed by atoms with van der Waals surface area (Å²) in [5, 5.41) is 14.7. The van der Waals surface area contributed by atoms with E-state index in [1.165, 1.54) is 0 Å². The summed E-state index contributed by atoms with van der Waals surface area (Å²) in [4.78, 5) is 32.5. The van der Waals surface area contributed by atoms with Gasteiger partial charge in [0.2, 0.25) is 0 Å². The van der Waals surface area contributed by atoms with E-state index in [9.17, 15) is 4.79 Å². The molecule has 1 aliphatic carbocycles. The Labute approximate surface area is 272 Å². The number of anilines is 2. The summed E-state index contributed by atoms with van der Waals surface area (Å²) in [6.07, 6.45) is 10.2. The molecule has 0 bridgehead atoms. The summed E-state index contributed by atoms with van der Waals surface area (Å²) in [7, 11) is 0.